The van der Waals surface area contributed by atoms with Crippen molar-refractivity contribution in [1.82, 2.24) is 9.36 Å². The van der Waals surface area contributed by atoms with Gasteiger partial charge >= 0.3 is 0 Å². The van der Waals surface area contributed by atoms with Gasteiger partial charge in [0.15, 0.2) is 0 Å². The van der Waals surface area contributed by atoms with E-state index < -0.39 is 0 Å². The largest absolute Gasteiger partial charge is 0.360 e. The molecule has 0 aromatic carbocycles. The molecule has 1 aromatic heterocycles. The first-order chi connectivity index (χ1) is 6.88. The van der Waals surface area contributed by atoms with Gasteiger partial charge in [-0.2, -0.15) is 16.1 Å². The number of hydrogen-bond acceptors (Lipinski definition) is 5. The minimum atomic E-state index is 0.828. The predicted molar refractivity (Wildman–Crippen MR) is 63.2 cm³/mol. The third-order valence-corrected chi connectivity index (χ3v) is 4.29. The molecule has 1 atom stereocenters. The maximum Gasteiger partial charge on any atom is 0.202 e. The molecule has 0 aliphatic carbocycles. The van der Waals surface area contributed by atoms with Crippen molar-refractivity contribution in [3.8, 4) is 0 Å². The molecule has 0 bridgehead atoms. The van der Waals surface area contributed by atoms with Gasteiger partial charge in [0, 0.05) is 24.5 Å². The maximum atomic E-state index is 4.38. The van der Waals surface area contributed by atoms with Crippen molar-refractivity contribution in [2.24, 2.45) is 5.92 Å². The van der Waals surface area contributed by atoms with Gasteiger partial charge in [-0.05, 0) is 23.8 Å². The van der Waals surface area contributed by atoms with Crippen molar-refractivity contribution < 1.29 is 0 Å². The Morgan fingerprint density at radius 1 is 1.57 bits per heavy atom. The van der Waals surface area contributed by atoms with Crippen LogP contribution in [-0.2, 0) is 6.42 Å². The van der Waals surface area contributed by atoms with E-state index in [4.69, 9.17) is 0 Å². The van der Waals surface area contributed by atoms with E-state index in [1.165, 1.54) is 29.5 Å². The molecule has 2 rings (SSSR count). The lowest BCUT2D eigenvalue weighted by molar-refractivity contribution is 0.631. The average molecular weight is 229 g/mol. The van der Waals surface area contributed by atoms with E-state index in [2.05, 4.69) is 33.4 Å². The Labute approximate surface area is 92.9 Å². The van der Waals surface area contributed by atoms with Crippen LogP contribution in [0, 0.1) is 5.92 Å². The zero-order valence-electron chi connectivity index (χ0n) is 8.32. The molecule has 2 heterocycles. The lowest BCUT2D eigenvalue weighted by Gasteiger charge is -2.07. The number of aryl methyl sites for hydroxylation is 1. The van der Waals surface area contributed by atoms with Gasteiger partial charge in [0.2, 0.25) is 5.13 Å². The van der Waals surface area contributed by atoms with E-state index in [0.29, 0.717) is 0 Å². The number of thioether (sulfide) groups is 1. The van der Waals surface area contributed by atoms with Crippen LogP contribution in [0.25, 0.3) is 0 Å². The van der Waals surface area contributed by atoms with Crippen LogP contribution in [0.1, 0.15) is 19.2 Å². The van der Waals surface area contributed by atoms with Gasteiger partial charge in [-0.25, -0.2) is 4.98 Å². The molecule has 14 heavy (non-hydrogen) atoms. The van der Waals surface area contributed by atoms with E-state index in [0.717, 1.165) is 29.8 Å². The van der Waals surface area contributed by atoms with Gasteiger partial charge < -0.3 is 5.32 Å². The molecule has 0 saturated carbocycles. The average Bonchev–Trinajstić information content (AvgIpc) is 2.86. The third-order valence-electron chi connectivity index (χ3n) is 2.35. The summed E-state index contributed by atoms with van der Waals surface area (Å²) < 4.78 is 4.24. The second kappa shape index (κ2) is 4.98. The Morgan fingerprint density at radius 2 is 2.50 bits per heavy atom. The molecule has 0 radical (unpaired) electrons. The minimum absolute atomic E-state index is 0.828. The second-order valence-corrected chi connectivity index (χ2v) is 5.38. The monoisotopic (exact) mass is 229 g/mol. The van der Waals surface area contributed by atoms with Crippen molar-refractivity contribution >= 4 is 28.4 Å². The molecule has 1 aliphatic heterocycles. The topological polar surface area (TPSA) is 37.8 Å². The molecule has 1 unspecified atom stereocenters. The fourth-order valence-corrected chi connectivity index (χ4v) is 3.39. The Balaban J connectivity index is 1.79. The second-order valence-electron chi connectivity index (χ2n) is 3.48. The summed E-state index contributed by atoms with van der Waals surface area (Å²) in [5.41, 5.74) is 0. The summed E-state index contributed by atoms with van der Waals surface area (Å²) in [7, 11) is 0. The van der Waals surface area contributed by atoms with E-state index in [-0.39, 0.29) is 0 Å². The normalized spacial score (nSPS) is 21.4. The Bertz CT molecular complexity index is 281. The smallest absolute Gasteiger partial charge is 0.202 e. The quantitative estimate of drug-likeness (QED) is 0.859. The predicted octanol–water partition coefficient (Wildman–Crippen LogP) is 2.27. The summed E-state index contributed by atoms with van der Waals surface area (Å²) in [5, 5.41) is 4.36. The van der Waals surface area contributed by atoms with E-state index in [1.54, 1.807) is 0 Å². The minimum Gasteiger partial charge on any atom is -0.360 e. The lowest BCUT2D eigenvalue weighted by Crippen LogP contribution is -2.13. The molecule has 1 aliphatic rings. The maximum absolute atomic E-state index is 4.38. The Morgan fingerprint density at radius 3 is 3.14 bits per heavy atom. The highest BCUT2D eigenvalue weighted by Gasteiger charge is 2.15. The van der Waals surface area contributed by atoms with Crippen molar-refractivity contribution in [3.63, 3.8) is 0 Å². The Kier molecular flexibility index (Phi) is 3.64. The summed E-state index contributed by atoms with van der Waals surface area (Å²) in [5.74, 6) is 4.40. The molecule has 1 saturated heterocycles. The van der Waals surface area contributed by atoms with E-state index in [1.807, 2.05) is 0 Å². The van der Waals surface area contributed by atoms with Crippen LogP contribution in [0.5, 0.6) is 0 Å². The first-order valence-corrected chi connectivity index (χ1v) is 6.95. The summed E-state index contributed by atoms with van der Waals surface area (Å²) in [6, 6.07) is 0. The lowest BCUT2D eigenvalue weighted by atomic mass is 10.1. The number of rotatable bonds is 4. The first-order valence-electron chi connectivity index (χ1n) is 5.02. The van der Waals surface area contributed by atoms with Crippen LogP contribution in [0.3, 0.4) is 0 Å². The van der Waals surface area contributed by atoms with Gasteiger partial charge in [-0.1, -0.05) is 6.92 Å². The molecule has 1 N–H and O–H groups in total. The zero-order chi connectivity index (χ0) is 9.80. The van der Waals surface area contributed by atoms with Crippen LogP contribution < -0.4 is 5.32 Å². The summed E-state index contributed by atoms with van der Waals surface area (Å²) in [4.78, 5) is 4.38. The fraction of sp³-hybridized carbons (Fsp3) is 0.778. The van der Waals surface area contributed by atoms with Gasteiger partial charge in [0.1, 0.15) is 5.82 Å². The fourth-order valence-electron chi connectivity index (χ4n) is 1.45. The van der Waals surface area contributed by atoms with Gasteiger partial charge in [-0.3, -0.25) is 0 Å². The number of anilines is 1. The zero-order valence-corrected chi connectivity index (χ0v) is 9.96. The van der Waals surface area contributed by atoms with Crippen molar-refractivity contribution in [2.75, 3.05) is 23.4 Å². The van der Waals surface area contributed by atoms with Gasteiger partial charge in [-0.15, -0.1) is 0 Å². The standard InChI is InChI=1S/C9H15N3S2/c1-2-8-11-9(14-12-8)10-5-7-3-4-13-6-7/h7H,2-6H2,1H3,(H,10,11,12). The highest BCUT2D eigenvalue weighted by Crippen LogP contribution is 2.23. The number of nitrogens with zero attached hydrogens (tertiary/aromatic N) is 2. The SMILES string of the molecule is CCc1nsc(NCC2CCSC2)n1. The van der Waals surface area contributed by atoms with Gasteiger partial charge in [0.05, 0.1) is 0 Å². The molecule has 1 fully saturated rings. The van der Waals surface area contributed by atoms with E-state index in [9.17, 15) is 0 Å². The summed E-state index contributed by atoms with van der Waals surface area (Å²) in [6.07, 6.45) is 2.27. The van der Waals surface area contributed by atoms with Crippen LogP contribution in [0.15, 0.2) is 0 Å². The highest BCUT2D eigenvalue weighted by molar-refractivity contribution is 7.99. The highest BCUT2D eigenvalue weighted by atomic mass is 32.2. The van der Waals surface area contributed by atoms with E-state index >= 15 is 0 Å². The molecule has 3 nitrogen and oxygen atoms in total. The Hall–Kier alpha value is -0.290. The van der Waals surface area contributed by atoms with Crippen molar-refractivity contribution in [2.45, 2.75) is 19.8 Å². The first kappa shape index (κ1) is 10.2. The van der Waals surface area contributed by atoms with Crippen molar-refractivity contribution in [3.05, 3.63) is 5.82 Å². The third kappa shape index (κ3) is 2.60. The summed E-state index contributed by atoms with van der Waals surface area (Å²) in [6.45, 7) is 3.14. The number of aromatic nitrogens is 2. The van der Waals surface area contributed by atoms with Crippen molar-refractivity contribution in [1.29, 1.82) is 0 Å². The number of nitrogens with one attached hydrogen (secondary N) is 1. The van der Waals surface area contributed by atoms with Crippen LogP contribution >= 0.6 is 23.3 Å². The molecule has 78 valence electrons. The molecule has 5 heteroatoms. The van der Waals surface area contributed by atoms with Crippen LogP contribution in [0.2, 0.25) is 0 Å². The molecule has 1 aromatic rings. The van der Waals surface area contributed by atoms with Crippen LogP contribution in [0.4, 0.5) is 5.13 Å². The van der Waals surface area contributed by atoms with Crippen LogP contribution in [-0.4, -0.2) is 27.4 Å². The van der Waals surface area contributed by atoms with Gasteiger partial charge in [0.25, 0.3) is 0 Å². The summed E-state index contributed by atoms with van der Waals surface area (Å²) >= 11 is 3.53. The molecule has 0 amide bonds. The molecular weight excluding hydrogens is 214 g/mol. The molecule has 0 spiro atoms. The molecular formula is C9H15N3S2. The number of hydrogen-bond donors (Lipinski definition) is 1.